The molecule has 0 aliphatic rings. The van der Waals surface area contributed by atoms with Crippen LogP contribution < -0.4 is 9.47 Å². The van der Waals surface area contributed by atoms with E-state index in [1.54, 1.807) is 17.6 Å². The van der Waals surface area contributed by atoms with Crippen LogP contribution in [0.15, 0.2) is 60.9 Å². The number of carboxylic acids is 1. The minimum atomic E-state index is -1.10. The van der Waals surface area contributed by atoms with Crippen LogP contribution in [-0.4, -0.2) is 37.7 Å². The summed E-state index contributed by atoms with van der Waals surface area (Å²) in [5, 5.41) is 9.75. The highest BCUT2D eigenvalue weighted by atomic mass is 19.1. The van der Waals surface area contributed by atoms with Crippen molar-refractivity contribution in [3.05, 3.63) is 83.7 Å². The van der Waals surface area contributed by atoms with Crippen LogP contribution in [0.1, 0.15) is 21.7 Å². The molecule has 0 atom stereocenters. The summed E-state index contributed by atoms with van der Waals surface area (Å²) in [4.78, 5) is 24.8. The SMILES string of the molecule is COc1cccc(F)c1Oc1cncc(-c2nc(C)c(C(=O)O)n2Cc2ccccc2)n1. The first-order chi connectivity index (χ1) is 15.5. The monoisotopic (exact) mass is 434 g/mol. The van der Waals surface area contributed by atoms with Gasteiger partial charge in [-0.25, -0.2) is 19.2 Å². The van der Waals surface area contributed by atoms with E-state index in [9.17, 15) is 14.3 Å². The smallest absolute Gasteiger partial charge is 0.354 e. The summed E-state index contributed by atoms with van der Waals surface area (Å²) >= 11 is 0. The minimum absolute atomic E-state index is 0.00897. The van der Waals surface area contributed by atoms with Crippen molar-refractivity contribution in [1.29, 1.82) is 0 Å². The van der Waals surface area contributed by atoms with Gasteiger partial charge in [-0.3, -0.25) is 4.98 Å². The number of carboxylic acid groups (broad SMARTS) is 1. The molecule has 0 aliphatic carbocycles. The Morgan fingerprint density at radius 2 is 1.88 bits per heavy atom. The summed E-state index contributed by atoms with van der Waals surface area (Å²) < 4.78 is 26.6. The van der Waals surface area contributed by atoms with Crippen LogP contribution >= 0.6 is 0 Å². The third-order valence-corrected chi connectivity index (χ3v) is 4.73. The van der Waals surface area contributed by atoms with Crippen LogP contribution in [-0.2, 0) is 6.54 Å². The molecule has 0 fully saturated rings. The molecule has 0 unspecified atom stereocenters. The largest absolute Gasteiger partial charge is 0.493 e. The van der Waals surface area contributed by atoms with Crippen LogP contribution in [0.4, 0.5) is 4.39 Å². The molecular weight excluding hydrogens is 415 g/mol. The number of aromatic carboxylic acids is 1. The van der Waals surface area contributed by atoms with Gasteiger partial charge in [0.15, 0.2) is 23.1 Å². The van der Waals surface area contributed by atoms with Crippen molar-refractivity contribution in [2.45, 2.75) is 13.5 Å². The van der Waals surface area contributed by atoms with Crippen LogP contribution in [0.3, 0.4) is 0 Å². The Kier molecular flexibility index (Phi) is 5.80. The molecule has 0 aliphatic heterocycles. The maximum Gasteiger partial charge on any atom is 0.354 e. The molecule has 0 saturated carbocycles. The van der Waals surface area contributed by atoms with Crippen molar-refractivity contribution in [3.8, 4) is 28.9 Å². The van der Waals surface area contributed by atoms with E-state index in [-0.39, 0.29) is 35.3 Å². The number of hydrogen-bond acceptors (Lipinski definition) is 6. The zero-order valence-corrected chi connectivity index (χ0v) is 17.3. The molecule has 9 heteroatoms. The first-order valence-corrected chi connectivity index (χ1v) is 9.65. The van der Waals surface area contributed by atoms with Crippen molar-refractivity contribution in [3.63, 3.8) is 0 Å². The van der Waals surface area contributed by atoms with E-state index in [1.807, 2.05) is 30.3 Å². The number of halogens is 1. The third kappa shape index (κ3) is 4.13. The molecule has 162 valence electrons. The molecule has 0 bridgehead atoms. The lowest BCUT2D eigenvalue weighted by molar-refractivity contribution is 0.0685. The Bertz CT molecular complexity index is 1270. The van der Waals surface area contributed by atoms with E-state index in [0.29, 0.717) is 11.5 Å². The second kappa shape index (κ2) is 8.84. The first-order valence-electron chi connectivity index (χ1n) is 9.65. The molecule has 8 nitrogen and oxygen atoms in total. The van der Waals surface area contributed by atoms with Crippen molar-refractivity contribution < 1.29 is 23.8 Å². The van der Waals surface area contributed by atoms with Crippen molar-refractivity contribution in [2.75, 3.05) is 7.11 Å². The van der Waals surface area contributed by atoms with E-state index in [4.69, 9.17) is 9.47 Å². The van der Waals surface area contributed by atoms with Crippen molar-refractivity contribution in [2.24, 2.45) is 0 Å². The Hall–Kier alpha value is -4.27. The molecule has 0 amide bonds. The second-order valence-corrected chi connectivity index (χ2v) is 6.86. The van der Waals surface area contributed by atoms with E-state index in [1.165, 1.54) is 31.6 Å². The number of imidazole rings is 1. The topological polar surface area (TPSA) is 99.4 Å². The maximum atomic E-state index is 14.3. The van der Waals surface area contributed by atoms with Gasteiger partial charge in [0.05, 0.1) is 25.2 Å². The molecule has 0 radical (unpaired) electrons. The summed E-state index contributed by atoms with van der Waals surface area (Å²) in [7, 11) is 1.40. The minimum Gasteiger partial charge on any atom is -0.493 e. The normalized spacial score (nSPS) is 10.7. The lowest BCUT2D eigenvalue weighted by atomic mass is 10.2. The Morgan fingerprint density at radius 3 is 2.59 bits per heavy atom. The number of nitrogens with zero attached hydrogens (tertiary/aromatic N) is 4. The van der Waals surface area contributed by atoms with Gasteiger partial charge in [0.2, 0.25) is 11.6 Å². The van der Waals surface area contributed by atoms with Gasteiger partial charge in [-0.2, -0.15) is 0 Å². The van der Waals surface area contributed by atoms with Crippen LogP contribution in [0, 0.1) is 12.7 Å². The third-order valence-electron chi connectivity index (χ3n) is 4.73. The lowest BCUT2D eigenvalue weighted by Gasteiger charge is -2.12. The fourth-order valence-electron chi connectivity index (χ4n) is 3.32. The van der Waals surface area contributed by atoms with Crippen LogP contribution in [0.2, 0.25) is 0 Å². The number of rotatable bonds is 7. The van der Waals surface area contributed by atoms with Crippen molar-refractivity contribution in [1.82, 2.24) is 19.5 Å². The number of aryl methyl sites for hydroxylation is 1. The molecule has 4 rings (SSSR count). The van der Waals surface area contributed by atoms with Crippen LogP contribution in [0.25, 0.3) is 11.5 Å². The highest BCUT2D eigenvalue weighted by molar-refractivity contribution is 5.88. The number of benzene rings is 2. The van der Waals surface area contributed by atoms with E-state index in [2.05, 4.69) is 15.0 Å². The number of para-hydroxylation sites is 1. The van der Waals surface area contributed by atoms with Gasteiger partial charge in [0.25, 0.3) is 0 Å². The number of methoxy groups -OCH3 is 1. The Labute approximate surface area is 182 Å². The summed E-state index contributed by atoms with van der Waals surface area (Å²) in [6.07, 6.45) is 2.77. The highest BCUT2D eigenvalue weighted by Gasteiger charge is 2.23. The molecule has 32 heavy (non-hydrogen) atoms. The number of carbonyl (C=O) groups is 1. The molecule has 1 N–H and O–H groups in total. The van der Waals surface area contributed by atoms with E-state index < -0.39 is 11.8 Å². The van der Waals surface area contributed by atoms with Crippen molar-refractivity contribution >= 4 is 5.97 Å². The van der Waals surface area contributed by atoms with Gasteiger partial charge < -0.3 is 19.1 Å². The summed E-state index contributed by atoms with van der Waals surface area (Å²) in [5.41, 5.74) is 1.56. The maximum absolute atomic E-state index is 14.3. The zero-order valence-electron chi connectivity index (χ0n) is 17.3. The quantitative estimate of drug-likeness (QED) is 0.462. The molecule has 0 spiro atoms. The van der Waals surface area contributed by atoms with Gasteiger partial charge in [0, 0.05) is 6.54 Å². The molecule has 0 saturated heterocycles. The summed E-state index contributed by atoms with van der Waals surface area (Å²) in [6.45, 7) is 1.89. The van der Waals surface area contributed by atoms with E-state index >= 15 is 0 Å². The number of aromatic nitrogens is 4. The summed E-state index contributed by atoms with van der Waals surface area (Å²) in [5.74, 6) is -1.33. The average molecular weight is 434 g/mol. The first kappa shape index (κ1) is 21.0. The van der Waals surface area contributed by atoms with Gasteiger partial charge in [0.1, 0.15) is 5.69 Å². The number of ether oxygens (including phenoxy) is 2. The van der Waals surface area contributed by atoms with Crippen LogP contribution in [0.5, 0.6) is 17.4 Å². The zero-order chi connectivity index (χ0) is 22.7. The Morgan fingerprint density at radius 1 is 1.09 bits per heavy atom. The molecule has 2 aromatic carbocycles. The number of hydrogen-bond donors (Lipinski definition) is 1. The summed E-state index contributed by atoms with van der Waals surface area (Å²) in [6, 6.07) is 13.7. The van der Waals surface area contributed by atoms with Gasteiger partial charge >= 0.3 is 5.97 Å². The fourth-order valence-corrected chi connectivity index (χ4v) is 3.32. The molecule has 2 aromatic heterocycles. The lowest BCUT2D eigenvalue weighted by Crippen LogP contribution is -2.12. The standard InChI is InChI=1S/C23H19FN4O4/c1-14-20(23(29)30)28(13-15-7-4-3-5-8-15)22(26-14)17-11-25-12-19(27-17)32-21-16(24)9-6-10-18(21)31-2/h3-12H,13H2,1-2H3,(H,29,30). The fraction of sp³-hybridized carbons (Fsp3) is 0.130. The predicted octanol–water partition coefficient (Wildman–Crippen LogP) is 4.34. The van der Waals surface area contributed by atoms with Gasteiger partial charge in [-0.1, -0.05) is 36.4 Å². The van der Waals surface area contributed by atoms with Gasteiger partial charge in [-0.15, -0.1) is 0 Å². The van der Waals surface area contributed by atoms with E-state index in [0.717, 1.165) is 5.56 Å². The molecule has 4 aromatic rings. The highest BCUT2D eigenvalue weighted by Crippen LogP contribution is 2.33. The van der Waals surface area contributed by atoms with Gasteiger partial charge in [-0.05, 0) is 24.6 Å². The molecule has 2 heterocycles. The Balaban J connectivity index is 1.77. The average Bonchev–Trinajstić information content (AvgIpc) is 3.12. The second-order valence-electron chi connectivity index (χ2n) is 6.86. The predicted molar refractivity (Wildman–Crippen MR) is 114 cm³/mol. The molecular formula is C23H19FN4O4.